The maximum Gasteiger partial charge on any atom is 0.0721 e. The maximum absolute atomic E-state index is 4.82. The number of aromatic nitrogens is 1. The molecule has 1 aliphatic heterocycles. The first-order chi connectivity index (χ1) is 23.8. The van der Waals surface area contributed by atoms with Crippen LogP contribution < -0.4 is 11.1 Å². The molecule has 2 heterocycles. The second-order valence-corrected chi connectivity index (χ2v) is 11.7. The molecule has 0 radical (unpaired) electrons. The van der Waals surface area contributed by atoms with Crippen molar-refractivity contribution in [2.45, 2.75) is 33.6 Å². The van der Waals surface area contributed by atoms with Gasteiger partial charge in [-0.25, -0.2) is 0 Å². The van der Waals surface area contributed by atoms with Gasteiger partial charge in [-0.2, -0.15) is 0 Å². The minimum absolute atomic E-state index is 0.830. The van der Waals surface area contributed by atoms with Gasteiger partial charge >= 0.3 is 0 Å². The number of anilines is 2. The van der Waals surface area contributed by atoms with Gasteiger partial charge in [0.05, 0.1) is 5.69 Å². The molecule has 0 unspecified atom stereocenters. The lowest BCUT2D eigenvalue weighted by Crippen LogP contribution is -1.94. The fourth-order valence-corrected chi connectivity index (χ4v) is 5.51. The number of fused-ring (bicyclic) bond motifs is 1. The molecule has 1 aliphatic rings. The van der Waals surface area contributed by atoms with E-state index >= 15 is 0 Å². The molecule has 5 aromatic rings. The SMILES string of the molecule is C=C/C=C\C(=C)C.C=CN.CC1=C(c2ccccc2C)CC=Nc2cc(Nc3ccc(-c4ccnc(Cc5ccccc5)c4)cc3)ccc21. The Balaban J connectivity index is 0.000000477. The number of pyridine rings is 1. The van der Waals surface area contributed by atoms with Crippen LogP contribution in [-0.2, 0) is 6.42 Å². The molecule has 0 amide bonds. The van der Waals surface area contributed by atoms with Crippen LogP contribution in [0, 0.1) is 6.92 Å². The monoisotopic (exact) mass is 642 g/mol. The summed E-state index contributed by atoms with van der Waals surface area (Å²) in [5.74, 6) is 0. The van der Waals surface area contributed by atoms with Gasteiger partial charge in [-0.15, -0.1) is 0 Å². The Morgan fingerprint density at radius 1 is 0.816 bits per heavy atom. The Labute approximate surface area is 292 Å². The number of benzene rings is 4. The molecule has 4 heteroatoms. The minimum atomic E-state index is 0.830. The summed E-state index contributed by atoms with van der Waals surface area (Å²) in [4.78, 5) is 9.40. The standard InChI is InChI=1S/C36H31N3.C7H10.C2H5N/c1-25-8-6-7-11-33(25)34-19-21-38-36-24-31(16-17-35(36)26(34)2)39-30-14-12-28(13-15-30)29-18-20-37-32(23-29)22-27-9-4-3-5-10-27;1-4-5-6-7(2)3;1-2-3/h3-18,20-21,23-24,39H,19,22H2,1-2H3;4-6H,1-2H2,3H3;2H,1,3H2/b;6-5-;. The van der Waals surface area contributed by atoms with E-state index in [1.165, 1.54) is 50.7 Å². The number of nitrogens with zero attached hydrogens (tertiary/aromatic N) is 2. The predicted molar refractivity (Wildman–Crippen MR) is 214 cm³/mol. The highest BCUT2D eigenvalue weighted by atomic mass is 14.9. The zero-order valence-electron chi connectivity index (χ0n) is 28.9. The molecule has 0 saturated heterocycles. The molecule has 0 spiro atoms. The number of nitrogens with one attached hydrogen (secondary N) is 1. The van der Waals surface area contributed by atoms with Crippen molar-refractivity contribution in [3.63, 3.8) is 0 Å². The molecule has 246 valence electrons. The van der Waals surface area contributed by atoms with Crippen LogP contribution in [0.2, 0.25) is 0 Å². The normalized spacial score (nSPS) is 11.7. The van der Waals surface area contributed by atoms with Gasteiger partial charge in [-0.1, -0.05) is 116 Å². The second kappa shape index (κ2) is 18.4. The van der Waals surface area contributed by atoms with Crippen LogP contribution in [0.3, 0.4) is 0 Å². The third-order valence-electron chi connectivity index (χ3n) is 7.92. The number of allylic oxidation sites excluding steroid dienone is 6. The van der Waals surface area contributed by atoms with Gasteiger partial charge in [0.15, 0.2) is 0 Å². The van der Waals surface area contributed by atoms with Crippen molar-refractivity contribution >= 4 is 34.4 Å². The van der Waals surface area contributed by atoms with Crippen molar-refractivity contribution in [3.05, 3.63) is 193 Å². The van der Waals surface area contributed by atoms with E-state index in [0.29, 0.717) is 0 Å². The number of aryl methyl sites for hydroxylation is 1. The Bertz CT molecular complexity index is 1960. The highest BCUT2D eigenvalue weighted by Crippen LogP contribution is 2.38. The van der Waals surface area contributed by atoms with Gasteiger partial charge in [-0.05, 0) is 102 Å². The molecule has 4 aromatic carbocycles. The van der Waals surface area contributed by atoms with E-state index in [9.17, 15) is 0 Å². The number of hydrogen-bond donors (Lipinski definition) is 2. The first-order valence-corrected chi connectivity index (χ1v) is 16.4. The van der Waals surface area contributed by atoms with E-state index in [1.54, 1.807) is 6.08 Å². The summed E-state index contributed by atoms with van der Waals surface area (Å²) >= 11 is 0. The molecule has 0 saturated carbocycles. The number of rotatable bonds is 8. The summed E-state index contributed by atoms with van der Waals surface area (Å²) in [6.45, 7) is 16.6. The largest absolute Gasteiger partial charge is 0.405 e. The minimum Gasteiger partial charge on any atom is -0.405 e. The van der Waals surface area contributed by atoms with Crippen LogP contribution in [-0.4, -0.2) is 11.2 Å². The zero-order chi connectivity index (χ0) is 35.0. The Hall–Kier alpha value is -6.00. The average molecular weight is 643 g/mol. The molecular formula is C45H46N4. The number of hydrogen-bond acceptors (Lipinski definition) is 4. The first-order valence-electron chi connectivity index (χ1n) is 16.4. The lowest BCUT2D eigenvalue weighted by molar-refractivity contribution is 1.08. The third kappa shape index (κ3) is 10.5. The molecule has 0 atom stereocenters. The van der Waals surface area contributed by atoms with Crippen molar-refractivity contribution in [3.8, 4) is 11.1 Å². The maximum atomic E-state index is 4.82. The molecule has 49 heavy (non-hydrogen) atoms. The van der Waals surface area contributed by atoms with E-state index in [-0.39, 0.29) is 0 Å². The molecular weight excluding hydrogens is 597 g/mol. The molecule has 3 N–H and O–H groups in total. The Morgan fingerprint density at radius 3 is 2.18 bits per heavy atom. The van der Waals surface area contributed by atoms with E-state index < -0.39 is 0 Å². The summed E-state index contributed by atoms with van der Waals surface area (Å²) in [6, 6.07) is 38.4. The summed E-state index contributed by atoms with van der Waals surface area (Å²) in [5.41, 5.74) is 19.8. The van der Waals surface area contributed by atoms with Crippen molar-refractivity contribution < 1.29 is 0 Å². The smallest absolute Gasteiger partial charge is 0.0721 e. The first kappa shape index (κ1) is 35.8. The average Bonchev–Trinajstić information content (AvgIpc) is 3.27. The van der Waals surface area contributed by atoms with Crippen LogP contribution >= 0.6 is 0 Å². The van der Waals surface area contributed by atoms with Crippen molar-refractivity contribution in [2.75, 3.05) is 5.32 Å². The van der Waals surface area contributed by atoms with Crippen LogP contribution in [0.15, 0.2) is 170 Å². The second-order valence-electron chi connectivity index (χ2n) is 11.7. The lowest BCUT2D eigenvalue weighted by Gasteiger charge is -2.14. The van der Waals surface area contributed by atoms with Gasteiger partial charge in [0.1, 0.15) is 0 Å². The number of aliphatic imine (C=N–C) groups is 1. The zero-order valence-corrected chi connectivity index (χ0v) is 28.9. The Kier molecular flexibility index (Phi) is 13.4. The van der Waals surface area contributed by atoms with Crippen molar-refractivity contribution in [2.24, 2.45) is 10.7 Å². The molecule has 4 nitrogen and oxygen atoms in total. The van der Waals surface area contributed by atoms with Crippen LogP contribution in [0.5, 0.6) is 0 Å². The molecule has 6 rings (SSSR count). The van der Waals surface area contributed by atoms with Crippen LogP contribution in [0.1, 0.15) is 48.2 Å². The molecule has 1 aromatic heterocycles. The van der Waals surface area contributed by atoms with Gasteiger partial charge in [-0.3, -0.25) is 9.98 Å². The topological polar surface area (TPSA) is 63.3 Å². The van der Waals surface area contributed by atoms with E-state index in [1.807, 2.05) is 37.6 Å². The van der Waals surface area contributed by atoms with E-state index in [0.717, 1.165) is 41.2 Å². The van der Waals surface area contributed by atoms with Crippen molar-refractivity contribution in [1.82, 2.24) is 4.98 Å². The fourth-order valence-electron chi connectivity index (χ4n) is 5.51. The summed E-state index contributed by atoms with van der Waals surface area (Å²) in [6.07, 6.45) is 12.4. The molecule has 0 bridgehead atoms. The molecule has 0 fully saturated rings. The summed E-state index contributed by atoms with van der Waals surface area (Å²) in [7, 11) is 0. The van der Waals surface area contributed by atoms with Gasteiger partial charge in [0.25, 0.3) is 0 Å². The van der Waals surface area contributed by atoms with Gasteiger partial charge in [0.2, 0.25) is 0 Å². The molecule has 0 aliphatic carbocycles. The fraction of sp³-hybridized carbons (Fsp3) is 0.111. The lowest BCUT2D eigenvalue weighted by atomic mass is 9.91. The highest BCUT2D eigenvalue weighted by Gasteiger charge is 2.15. The van der Waals surface area contributed by atoms with Crippen LogP contribution in [0.25, 0.3) is 22.3 Å². The van der Waals surface area contributed by atoms with Crippen molar-refractivity contribution in [1.29, 1.82) is 0 Å². The van der Waals surface area contributed by atoms with Crippen LogP contribution in [0.4, 0.5) is 17.1 Å². The van der Waals surface area contributed by atoms with Gasteiger partial charge in [0, 0.05) is 47.9 Å². The van der Waals surface area contributed by atoms with E-state index in [2.05, 4.69) is 153 Å². The van der Waals surface area contributed by atoms with Gasteiger partial charge < -0.3 is 11.1 Å². The Morgan fingerprint density at radius 2 is 1.51 bits per heavy atom. The quantitative estimate of drug-likeness (QED) is 0.166. The number of nitrogens with two attached hydrogens (primary N) is 1. The van der Waals surface area contributed by atoms with E-state index in [4.69, 9.17) is 4.99 Å². The highest BCUT2D eigenvalue weighted by molar-refractivity contribution is 6.00. The predicted octanol–water partition coefficient (Wildman–Crippen LogP) is 11.8. The third-order valence-corrected chi connectivity index (χ3v) is 7.92. The summed E-state index contributed by atoms with van der Waals surface area (Å²) in [5, 5.41) is 3.56. The summed E-state index contributed by atoms with van der Waals surface area (Å²) < 4.78 is 0.